The minimum atomic E-state index is -0.650. The van der Waals surface area contributed by atoms with Crippen molar-refractivity contribution in [3.8, 4) is 17.5 Å². The number of aromatic nitrogens is 2. The molecule has 3 amide bonds. The van der Waals surface area contributed by atoms with E-state index in [9.17, 15) is 19.6 Å². The summed E-state index contributed by atoms with van der Waals surface area (Å²) in [5.41, 5.74) is 3.92. The van der Waals surface area contributed by atoms with Crippen molar-refractivity contribution in [2.45, 2.75) is 38.9 Å². The van der Waals surface area contributed by atoms with E-state index in [1.165, 1.54) is 4.90 Å². The maximum atomic E-state index is 12.8. The number of hydrogen-bond acceptors (Lipinski definition) is 8. The SMILES string of the molecule is Cc1c(Cl)cc(-c2noc(NCc3ccc4c(c3)CN(C3CCC(=O)NC3=O)C4=O)n2)cc1C#N. The molecule has 2 N–H and O–H groups in total. The number of halogens is 1. The van der Waals surface area contributed by atoms with Crippen LogP contribution in [0.2, 0.25) is 5.02 Å². The normalized spacial score (nSPS) is 17.2. The number of benzene rings is 2. The predicted octanol–water partition coefficient (Wildman–Crippen LogP) is 2.94. The topological polar surface area (TPSA) is 141 Å². The predicted molar refractivity (Wildman–Crippen MR) is 124 cm³/mol. The third-order valence-electron chi connectivity index (χ3n) is 6.18. The van der Waals surface area contributed by atoms with Crippen LogP contribution in [0.15, 0.2) is 34.9 Å². The van der Waals surface area contributed by atoms with Crippen LogP contribution in [-0.2, 0) is 22.7 Å². The molecule has 0 bridgehead atoms. The van der Waals surface area contributed by atoms with Gasteiger partial charge in [-0.2, -0.15) is 10.2 Å². The molecule has 0 aliphatic carbocycles. The van der Waals surface area contributed by atoms with Crippen LogP contribution in [0.5, 0.6) is 0 Å². The molecular formula is C24H19ClN6O4. The number of carbonyl (C=O) groups excluding carboxylic acids is 3. The van der Waals surface area contributed by atoms with Crippen LogP contribution in [0.1, 0.15) is 45.5 Å². The molecule has 0 radical (unpaired) electrons. The lowest BCUT2D eigenvalue weighted by atomic mass is 10.0. The molecular weight excluding hydrogens is 472 g/mol. The zero-order valence-corrected chi connectivity index (χ0v) is 19.3. The summed E-state index contributed by atoms with van der Waals surface area (Å²) in [6.07, 6.45) is 0.533. The number of nitrogens with one attached hydrogen (secondary N) is 2. The van der Waals surface area contributed by atoms with Crippen molar-refractivity contribution in [2.24, 2.45) is 0 Å². The summed E-state index contributed by atoms with van der Waals surface area (Å²) < 4.78 is 5.28. The van der Waals surface area contributed by atoms with Gasteiger partial charge in [0.05, 0.1) is 11.6 Å². The average molecular weight is 491 g/mol. The van der Waals surface area contributed by atoms with Crippen molar-refractivity contribution in [2.75, 3.05) is 5.32 Å². The first-order valence-electron chi connectivity index (χ1n) is 10.9. The standard InChI is InChI=1S/C24H19ClN6O4/c1-12-15(9-26)7-14(8-18(12)25)21-29-24(35-30-21)27-10-13-2-3-17-16(6-13)11-31(23(17)34)19-4-5-20(32)28-22(19)33/h2-3,6-8,19H,4-5,10-11H2,1H3,(H,27,29,30)(H,28,32,33). The number of piperidine rings is 1. The van der Waals surface area contributed by atoms with Crippen LogP contribution in [0.25, 0.3) is 11.4 Å². The first-order chi connectivity index (χ1) is 16.8. The van der Waals surface area contributed by atoms with Crippen LogP contribution in [0.4, 0.5) is 6.01 Å². The summed E-state index contributed by atoms with van der Waals surface area (Å²) >= 11 is 6.21. The molecule has 0 saturated carbocycles. The molecule has 1 saturated heterocycles. The van der Waals surface area contributed by atoms with E-state index in [1.54, 1.807) is 25.1 Å². The van der Waals surface area contributed by atoms with Crippen molar-refractivity contribution in [1.82, 2.24) is 20.4 Å². The number of anilines is 1. The molecule has 176 valence electrons. The van der Waals surface area contributed by atoms with E-state index in [4.69, 9.17) is 16.1 Å². The van der Waals surface area contributed by atoms with Gasteiger partial charge in [0.2, 0.25) is 17.6 Å². The molecule has 11 heteroatoms. The highest BCUT2D eigenvalue weighted by Gasteiger charge is 2.39. The van der Waals surface area contributed by atoms with E-state index < -0.39 is 11.9 Å². The summed E-state index contributed by atoms with van der Waals surface area (Å²) in [6.45, 7) is 2.43. The molecule has 1 aromatic heterocycles. The fourth-order valence-corrected chi connectivity index (χ4v) is 4.47. The molecule has 1 atom stereocenters. The molecule has 1 unspecified atom stereocenters. The summed E-state index contributed by atoms with van der Waals surface area (Å²) in [5, 5.41) is 19.0. The van der Waals surface area contributed by atoms with E-state index in [0.717, 1.165) is 11.1 Å². The Labute approximate surface area is 204 Å². The zero-order chi connectivity index (χ0) is 24.7. The van der Waals surface area contributed by atoms with Gasteiger partial charge >= 0.3 is 6.01 Å². The van der Waals surface area contributed by atoms with Gasteiger partial charge < -0.3 is 14.7 Å². The smallest absolute Gasteiger partial charge is 0.322 e. The molecule has 2 aliphatic rings. The first-order valence-corrected chi connectivity index (χ1v) is 11.3. The van der Waals surface area contributed by atoms with E-state index >= 15 is 0 Å². The second-order valence-corrected chi connectivity index (χ2v) is 8.82. The molecule has 2 aromatic carbocycles. The molecule has 3 aromatic rings. The molecule has 5 rings (SSSR count). The van der Waals surface area contributed by atoms with Crippen molar-refractivity contribution < 1.29 is 18.9 Å². The van der Waals surface area contributed by atoms with Gasteiger partial charge in [-0.1, -0.05) is 28.9 Å². The Morgan fingerprint density at radius 3 is 2.89 bits per heavy atom. The highest BCUT2D eigenvalue weighted by Crippen LogP contribution is 2.29. The summed E-state index contributed by atoms with van der Waals surface area (Å²) in [6, 6.07) is 10.4. The highest BCUT2D eigenvalue weighted by atomic mass is 35.5. The summed E-state index contributed by atoms with van der Waals surface area (Å²) in [5.74, 6) is -0.674. The zero-order valence-electron chi connectivity index (χ0n) is 18.6. The van der Waals surface area contributed by atoms with Gasteiger partial charge in [-0.15, -0.1) is 0 Å². The molecule has 10 nitrogen and oxygen atoms in total. The van der Waals surface area contributed by atoms with Crippen LogP contribution < -0.4 is 10.6 Å². The molecule has 2 aliphatic heterocycles. The van der Waals surface area contributed by atoms with Crippen molar-refractivity contribution in [1.29, 1.82) is 5.26 Å². The maximum absolute atomic E-state index is 12.8. The molecule has 1 fully saturated rings. The Hall–Kier alpha value is -4.23. The number of rotatable bonds is 5. The number of nitriles is 1. The Bertz CT molecular complexity index is 1430. The van der Waals surface area contributed by atoms with Gasteiger partial charge in [-0.3, -0.25) is 19.7 Å². The summed E-state index contributed by atoms with van der Waals surface area (Å²) in [7, 11) is 0. The van der Waals surface area contributed by atoms with Crippen LogP contribution >= 0.6 is 11.6 Å². The minimum Gasteiger partial charge on any atom is -0.334 e. The van der Waals surface area contributed by atoms with Gasteiger partial charge in [0.25, 0.3) is 5.91 Å². The number of hydrogen-bond donors (Lipinski definition) is 2. The third kappa shape index (κ3) is 4.22. The van der Waals surface area contributed by atoms with Crippen LogP contribution in [-0.4, -0.2) is 38.8 Å². The van der Waals surface area contributed by atoms with E-state index in [0.29, 0.717) is 52.6 Å². The van der Waals surface area contributed by atoms with E-state index in [2.05, 4.69) is 26.8 Å². The lowest BCUT2D eigenvalue weighted by Crippen LogP contribution is -2.52. The number of nitrogens with zero attached hydrogens (tertiary/aromatic N) is 4. The van der Waals surface area contributed by atoms with Gasteiger partial charge in [-0.25, -0.2) is 0 Å². The van der Waals surface area contributed by atoms with Crippen LogP contribution in [0, 0.1) is 18.3 Å². The maximum Gasteiger partial charge on any atom is 0.322 e. The van der Waals surface area contributed by atoms with Gasteiger partial charge in [0, 0.05) is 35.7 Å². The Morgan fingerprint density at radius 2 is 2.11 bits per heavy atom. The molecule has 35 heavy (non-hydrogen) atoms. The average Bonchev–Trinajstić information content (AvgIpc) is 3.44. The second kappa shape index (κ2) is 8.85. The quantitative estimate of drug-likeness (QED) is 0.520. The monoisotopic (exact) mass is 490 g/mol. The second-order valence-electron chi connectivity index (χ2n) is 8.41. The Balaban J connectivity index is 1.27. The fourth-order valence-electron chi connectivity index (χ4n) is 4.25. The van der Waals surface area contributed by atoms with Crippen molar-refractivity contribution in [3.63, 3.8) is 0 Å². The highest BCUT2D eigenvalue weighted by molar-refractivity contribution is 6.31. The largest absolute Gasteiger partial charge is 0.334 e. The number of carbonyl (C=O) groups is 3. The van der Waals surface area contributed by atoms with Crippen LogP contribution in [0.3, 0.4) is 0 Å². The lowest BCUT2D eigenvalue weighted by molar-refractivity contribution is -0.136. The van der Waals surface area contributed by atoms with E-state index in [-0.39, 0.29) is 24.2 Å². The lowest BCUT2D eigenvalue weighted by Gasteiger charge is -2.29. The Kier molecular flexibility index (Phi) is 5.70. The fraction of sp³-hybridized carbons (Fsp3) is 0.250. The molecule has 0 spiro atoms. The van der Waals surface area contributed by atoms with E-state index in [1.807, 2.05) is 12.1 Å². The Morgan fingerprint density at radius 1 is 1.29 bits per heavy atom. The van der Waals surface area contributed by atoms with Gasteiger partial charge in [0.15, 0.2) is 0 Å². The number of amides is 3. The first kappa shape index (κ1) is 22.6. The minimum absolute atomic E-state index is 0.192. The van der Waals surface area contributed by atoms with Gasteiger partial charge in [0.1, 0.15) is 6.04 Å². The third-order valence-corrected chi connectivity index (χ3v) is 6.57. The number of imide groups is 1. The van der Waals surface area contributed by atoms with Gasteiger partial charge in [-0.05, 0) is 48.2 Å². The molecule has 3 heterocycles. The number of fused-ring (bicyclic) bond motifs is 1. The van der Waals surface area contributed by atoms with Crippen molar-refractivity contribution >= 4 is 35.3 Å². The summed E-state index contributed by atoms with van der Waals surface area (Å²) in [4.78, 5) is 42.3. The van der Waals surface area contributed by atoms with Crippen molar-refractivity contribution in [3.05, 3.63) is 63.2 Å².